The number of nitro groups is 1. The summed E-state index contributed by atoms with van der Waals surface area (Å²) in [6.45, 7) is 1.93. The van der Waals surface area contributed by atoms with Crippen LogP contribution in [0.15, 0.2) is 41.2 Å². The van der Waals surface area contributed by atoms with E-state index in [4.69, 9.17) is 34.8 Å². The van der Waals surface area contributed by atoms with Crippen LogP contribution in [0.2, 0.25) is 15.1 Å². The SMILES string of the molecule is Cc1nn(-c2cc([N+](=O)[O-])c(Cl)cc2Cl)c(=O)n1Cc1ccc(Cl)cc1. The lowest BCUT2D eigenvalue weighted by atomic mass is 10.2. The first kappa shape index (κ1) is 18.4. The number of nitro benzene ring substituents is 1. The molecule has 1 heterocycles. The Hall–Kier alpha value is -2.35. The van der Waals surface area contributed by atoms with E-state index in [1.165, 1.54) is 10.6 Å². The van der Waals surface area contributed by atoms with E-state index in [1.54, 1.807) is 31.2 Å². The van der Waals surface area contributed by atoms with Gasteiger partial charge in [0.2, 0.25) is 0 Å². The molecule has 1 aromatic heterocycles. The molecule has 0 aliphatic heterocycles. The van der Waals surface area contributed by atoms with Crippen LogP contribution < -0.4 is 5.69 Å². The highest BCUT2D eigenvalue weighted by Gasteiger charge is 2.20. The summed E-state index contributed by atoms with van der Waals surface area (Å²) in [5.41, 5.74) is 0.108. The van der Waals surface area contributed by atoms with Gasteiger partial charge < -0.3 is 0 Å². The molecule has 10 heteroatoms. The van der Waals surface area contributed by atoms with Gasteiger partial charge in [-0.05, 0) is 30.7 Å². The molecule has 3 rings (SSSR count). The van der Waals surface area contributed by atoms with Gasteiger partial charge in [-0.2, -0.15) is 9.78 Å². The highest BCUT2D eigenvalue weighted by molar-refractivity contribution is 6.37. The zero-order valence-corrected chi connectivity index (χ0v) is 15.6. The summed E-state index contributed by atoms with van der Waals surface area (Å²) in [6, 6.07) is 9.39. The maximum Gasteiger partial charge on any atom is 0.351 e. The number of halogens is 3. The molecule has 0 aliphatic carbocycles. The minimum Gasteiger partial charge on any atom is -0.274 e. The van der Waals surface area contributed by atoms with Gasteiger partial charge in [-0.3, -0.25) is 14.7 Å². The smallest absolute Gasteiger partial charge is 0.274 e. The largest absolute Gasteiger partial charge is 0.351 e. The molecule has 0 saturated carbocycles. The van der Waals surface area contributed by atoms with Crippen molar-refractivity contribution in [3.8, 4) is 5.69 Å². The molecule has 0 atom stereocenters. The number of hydrogen-bond acceptors (Lipinski definition) is 4. The van der Waals surface area contributed by atoms with Crippen LogP contribution in [0, 0.1) is 17.0 Å². The molecular weight excluding hydrogens is 403 g/mol. The molecule has 0 radical (unpaired) electrons. The maximum absolute atomic E-state index is 12.8. The second kappa shape index (κ2) is 7.11. The van der Waals surface area contributed by atoms with Crippen LogP contribution in [0.1, 0.15) is 11.4 Å². The van der Waals surface area contributed by atoms with Gasteiger partial charge in [-0.1, -0.05) is 46.9 Å². The quantitative estimate of drug-likeness (QED) is 0.472. The molecule has 0 aliphatic rings. The Morgan fingerprint density at radius 3 is 2.38 bits per heavy atom. The normalized spacial score (nSPS) is 10.9. The van der Waals surface area contributed by atoms with Crippen LogP contribution in [0.5, 0.6) is 0 Å². The average molecular weight is 414 g/mol. The van der Waals surface area contributed by atoms with Crippen molar-refractivity contribution >= 4 is 40.5 Å². The van der Waals surface area contributed by atoms with E-state index in [0.29, 0.717) is 10.8 Å². The molecule has 26 heavy (non-hydrogen) atoms. The summed E-state index contributed by atoms with van der Waals surface area (Å²) in [4.78, 5) is 23.2. The lowest BCUT2D eigenvalue weighted by Crippen LogP contribution is -2.25. The first-order valence-electron chi connectivity index (χ1n) is 7.32. The van der Waals surface area contributed by atoms with Crippen molar-refractivity contribution in [1.82, 2.24) is 14.3 Å². The Labute approximate surface area is 162 Å². The summed E-state index contributed by atoms with van der Waals surface area (Å²) in [7, 11) is 0. The maximum atomic E-state index is 12.8. The highest BCUT2D eigenvalue weighted by atomic mass is 35.5. The summed E-state index contributed by atoms with van der Waals surface area (Å²) in [5, 5.41) is 15.8. The fourth-order valence-electron chi connectivity index (χ4n) is 2.43. The molecule has 2 aromatic carbocycles. The number of benzene rings is 2. The monoisotopic (exact) mass is 412 g/mol. The zero-order valence-electron chi connectivity index (χ0n) is 13.3. The van der Waals surface area contributed by atoms with E-state index in [2.05, 4.69) is 5.10 Å². The van der Waals surface area contributed by atoms with E-state index in [0.717, 1.165) is 16.3 Å². The number of rotatable bonds is 4. The topological polar surface area (TPSA) is 83.0 Å². The van der Waals surface area contributed by atoms with E-state index in [9.17, 15) is 14.9 Å². The Bertz CT molecular complexity index is 1060. The van der Waals surface area contributed by atoms with Gasteiger partial charge in [0.05, 0.1) is 22.2 Å². The molecule has 0 fully saturated rings. The van der Waals surface area contributed by atoms with E-state index in [1.807, 2.05) is 0 Å². The molecule has 0 saturated heterocycles. The average Bonchev–Trinajstić information content (AvgIpc) is 2.84. The van der Waals surface area contributed by atoms with Crippen molar-refractivity contribution in [3.05, 3.63) is 83.5 Å². The number of nitrogens with zero attached hydrogens (tertiary/aromatic N) is 4. The molecule has 0 unspecified atom stereocenters. The molecule has 7 nitrogen and oxygen atoms in total. The predicted molar refractivity (Wildman–Crippen MR) is 99.8 cm³/mol. The van der Waals surface area contributed by atoms with Gasteiger partial charge in [0.15, 0.2) is 0 Å². The van der Waals surface area contributed by atoms with Crippen LogP contribution >= 0.6 is 34.8 Å². The minimum absolute atomic E-state index is 0.0823. The lowest BCUT2D eigenvalue weighted by molar-refractivity contribution is -0.384. The molecule has 0 bridgehead atoms. The van der Waals surface area contributed by atoms with Gasteiger partial charge >= 0.3 is 5.69 Å². The number of aryl methyl sites for hydroxylation is 1. The summed E-state index contributed by atoms with van der Waals surface area (Å²) >= 11 is 17.8. The van der Waals surface area contributed by atoms with E-state index < -0.39 is 10.6 Å². The third kappa shape index (κ3) is 3.46. The molecular formula is C16H11Cl3N4O3. The van der Waals surface area contributed by atoms with Gasteiger partial charge in [0.25, 0.3) is 5.69 Å². The first-order valence-corrected chi connectivity index (χ1v) is 8.46. The standard InChI is InChI=1S/C16H11Cl3N4O3/c1-9-20-22(14-7-15(23(25)26)13(19)6-12(14)18)16(24)21(9)8-10-2-4-11(17)5-3-10/h2-7H,8H2,1H3. The van der Waals surface area contributed by atoms with Crippen LogP contribution in [0.25, 0.3) is 5.69 Å². The molecule has 134 valence electrons. The highest BCUT2D eigenvalue weighted by Crippen LogP contribution is 2.32. The van der Waals surface area contributed by atoms with Crippen molar-refractivity contribution in [2.75, 3.05) is 0 Å². The van der Waals surface area contributed by atoms with Gasteiger partial charge in [-0.25, -0.2) is 4.79 Å². The fourth-order valence-corrected chi connectivity index (χ4v) is 3.09. The second-order valence-electron chi connectivity index (χ2n) is 5.47. The fraction of sp³-hybridized carbons (Fsp3) is 0.125. The van der Waals surface area contributed by atoms with Crippen molar-refractivity contribution in [3.63, 3.8) is 0 Å². The van der Waals surface area contributed by atoms with Crippen LogP contribution in [-0.4, -0.2) is 19.3 Å². The molecule has 0 amide bonds. The Morgan fingerprint density at radius 1 is 1.12 bits per heavy atom. The van der Waals surface area contributed by atoms with E-state index >= 15 is 0 Å². The second-order valence-corrected chi connectivity index (χ2v) is 6.72. The Morgan fingerprint density at radius 2 is 1.77 bits per heavy atom. The third-order valence-corrected chi connectivity index (χ3v) is 4.60. The van der Waals surface area contributed by atoms with Crippen LogP contribution in [0.4, 0.5) is 5.69 Å². The third-order valence-electron chi connectivity index (χ3n) is 3.74. The molecule has 0 N–H and O–H groups in total. The van der Waals surface area contributed by atoms with Crippen LogP contribution in [0.3, 0.4) is 0 Å². The Kier molecular flexibility index (Phi) is 5.04. The Balaban J connectivity index is 2.08. The summed E-state index contributed by atoms with van der Waals surface area (Å²) in [5.74, 6) is 0.429. The zero-order chi connectivity index (χ0) is 19.0. The molecule has 3 aromatic rings. The minimum atomic E-state index is -0.648. The van der Waals surface area contributed by atoms with Crippen molar-refractivity contribution in [2.24, 2.45) is 0 Å². The number of aromatic nitrogens is 3. The summed E-state index contributed by atoms with van der Waals surface area (Å²) in [6.07, 6.45) is 0. The van der Waals surface area contributed by atoms with Crippen molar-refractivity contribution in [2.45, 2.75) is 13.5 Å². The van der Waals surface area contributed by atoms with Crippen LogP contribution in [-0.2, 0) is 6.54 Å². The van der Waals surface area contributed by atoms with Gasteiger partial charge in [-0.15, -0.1) is 0 Å². The van der Waals surface area contributed by atoms with E-state index in [-0.39, 0.29) is 28.0 Å². The van der Waals surface area contributed by atoms with Crippen molar-refractivity contribution in [1.29, 1.82) is 0 Å². The first-order chi connectivity index (χ1) is 12.3. The predicted octanol–water partition coefficient (Wildman–Crippen LogP) is 4.26. The van der Waals surface area contributed by atoms with Gasteiger partial charge in [0.1, 0.15) is 10.8 Å². The number of hydrogen-bond donors (Lipinski definition) is 0. The summed E-state index contributed by atoms with van der Waals surface area (Å²) < 4.78 is 2.46. The lowest BCUT2D eigenvalue weighted by Gasteiger charge is -2.05. The molecule has 0 spiro atoms. The van der Waals surface area contributed by atoms with Gasteiger partial charge in [0, 0.05) is 11.1 Å². The van der Waals surface area contributed by atoms with Crippen molar-refractivity contribution < 1.29 is 4.92 Å².